The number of fused-ring (bicyclic) bond motifs is 1. The molecule has 0 radical (unpaired) electrons. The van der Waals surface area contributed by atoms with Crippen molar-refractivity contribution < 1.29 is 81.6 Å². The maximum atomic E-state index is 13.6. The van der Waals surface area contributed by atoms with Crippen molar-refractivity contribution in [2.75, 3.05) is 21.2 Å². The molecule has 4 heterocycles. The Hall–Kier alpha value is -3.07. The number of carbonyl (C=O) groups is 5. The van der Waals surface area contributed by atoms with E-state index in [0.29, 0.717) is 6.42 Å². The van der Waals surface area contributed by atoms with Crippen LogP contribution in [0.25, 0.3) is 0 Å². The number of carbonyl (C=O) groups excluding carboxylic acids is 5. The summed E-state index contributed by atoms with van der Waals surface area (Å²) < 4.78 is 61.1. The number of epoxide rings is 1. The lowest BCUT2D eigenvalue weighted by molar-refractivity contribution is -0.344. The molecule has 0 aromatic rings. The maximum Gasteiger partial charge on any atom is 0.309 e. The normalized spacial score (nSPS) is 40.4. The van der Waals surface area contributed by atoms with Crippen LogP contribution in [-0.2, 0) is 71.3 Å². The SMILES string of the molecule is CCC(=O)OC1/C=C/C2OC2CC(C)OC(=O)CC(OC(=O)CC)C(OC)C(OC2OC(C)C(OC3CC(C)(O)C(OC(=O)CC(C)C)C(C)O3)C(N(C)C)C2O)C(CC=O)CC1C. The van der Waals surface area contributed by atoms with E-state index in [2.05, 4.69) is 0 Å². The van der Waals surface area contributed by atoms with Gasteiger partial charge in [-0.3, -0.25) is 19.2 Å². The summed E-state index contributed by atoms with van der Waals surface area (Å²) in [5.41, 5.74) is -1.52. The fraction of sp³-hybridized carbons (Fsp3) is 0.848. The maximum absolute atomic E-state index is 13.6. The van der Waals surface area contributed by atoms with Crippen LogP contribution >= 0.6 is 0 Å². The number of aldehydes is 1. The van der Waals surface area contributed by atoms with E-state index in [-0.39, 0.29) is 56.7 Å². The number of aliphatic hydroxyl groups is 2. The van der Waals surface area contributed by atoms with Gasteiger partial charge in [0.2, 0.25) is 0 Å². The van der Waals surface area contributed by atoms with Gasteiger partial charge in [-0.25, -0.2) is 0 Å². The van der Waals surface area contributed by atoms with E-state index in [0.717, 1.165) is 6.29 Å². The molecular weight excluding hydrogens is 838 g/mol. The van der Waals surface area contributed by atoms with Crippen molar-refractivity contribution in [1.29, 1.82) is 0 Å². The van der Waals surface area contributed by atoms with E-state index < -0.39 is 127 Å². The van der Waals surface area contributed by atoms with Crippen LogP contribution in [0.3, 0.4) is 0 Å². The van der Waals surface area contributed by atoms with E-state index in [1.807, 2.05) is 26.8 Å². The summed E-state index contributed by atoms with van der Waals surface area (Å²) >= 11 is 0. The third-order valence-electron chi connectivity index (χ3n) is 12.4. The Morgan fingerprint density at radius 2 is 1.58 bits per heavy atom. The van der Waals surface area contributed by atoms with E-state index >= 15 is 0 Å². The first-order chi connectivity index (χ1) is 30.1. The highest BCUT2D eigenvalue weighted by Crippen LogP contribution is 2.38. The second-order valence-electron chi connectivity index (χ2n) is 18.7. The van der Waals surface area contributed by atoms with Crippen LogP contribution in [0.5, 0.6) is 0 Å². The van der Waals surface area contributed by atoms with Gasteiger partial charge < -0.3 is 67.3 Å². The fourth-order valence-corrected chi connectivity index (χ4v) is 9.04. The summed E-state index contributed by atoms with van der Waals surface area (Å²) in [6.07, 6.45) is -8.04. The molecule has 3 fully saturated rings. The number of hydrogen-bond acceptors (Lipinski definition) is 18. The Bertz CT molecular complexity index is 1570. The molecule has 18 heteroatoms. The third kappa shape index (κ3) is 14.7. The molecule has 18 unspecified atom stereocenters. The summed E-state index contributed by atoms with van der Waals surface area (Å²) in [6, 6.07) is -0.809. The van der Waals surface area contributed by atoms with Crippen LogP contribution in [0.1, 0.15) is 114 Å². The Labute approximate surface area is 378 Å². The molecule has 4 rings (SSSR count). The number of ether oxygens (including phenoxy) is 10. The molecule has 64 heavy (non-hydrogen) atoms. The summed E-state index contributed by atoms with van der Waals surface area (Å²) in [7, 11) is 4.86. The first-order valence-electron chi connectivity index (χ1n) is 22.9. The predicted molar refractivity (Wildman–Crippen MR) is 228 cm³/mol. The van der Waals surface area contributed by atoms with Crippen molar-refractivity contribution in [1.82, 2.24) is 4.90 Å². The Morgan fingerprint density at radius 3 is 2.17 bits per heavy atom. The van der Waals surface area contributed by atoms with E-state index in [1.165, 1.54) is 7.11 Å². The standard InChI is InChI=1S/C46H75NO17/c1-13-34(49)60-30-15-16-31-32(59-31)21-26(6)56-37(52)22-33(61-35(50)14-2)43(55-12)42(29(17-18-48)20-25(30)5)64-45-40(53)39(47(10)11)41(27(7)58-45)63-38-23-46(9,54)44(28(8)57-38)62-36(51)19-24(3)4/h15-16,18,24-33,38-45,53-54H,13-14,17,19-23H2,1-12H3/b16-15+. The zero-order chi connectivity index (χ0) is 47.6. The highest BCUT2D eigenvalue weighted by atomic mass is 16.7. The molecule has 0 amide bonds. The van der Waals surface area contributed by atoms with Gasteiger partial charge in [0.05, 0.1) is 36.9 Å². The molecule has 4 aliphatic heterocycles. The van der Waals surface area contributed by atoms with Gasteiger partial charge in [0, 0.05) is 45.6 Å². The summed E-state index contributed by atoms with van der Waals surface area (Å²) in [4.78, 5) is 66.2. The molecular formula is C46H75NO17. The van der Waals surface area contributed by atoms with Crippen LogP contribution in [0.2, 0.25) is 0 Å². The average Bonchev–Trinajstić information content (AvgIpc) is 3.94. The van der Waals surface area contributed by atoms with Crippen molar-refractivity contribution >= 4 is 30.2 Å². The number of hydrogen-bond donors (Lipinski definition) is 2. The lowest BCUT2D eigenvalue weighted by atomic mass is 9.82. The van der Waals surface area contributed by atoms with Crippen LogP contribution in [-0.4, -0.2) is 164 Å². The van der Waals surface area contributed by atoms with E-state index in [9.17, 15) is 34.2 Å². The molecule has 0 aromatic heterocycles. The highest BCUT2D eigenvalue weighted by molar-refractivity contribution is 5.73. The third-order valence-corrected chi connectivity index (χ3v) is 12.4. The van der Waals surface area contributed by atoms with E-state index in [4.69, 9.17) is 47.4 Å². The molecule has 0 spiro atoms. The lowest BCUT2D eigenvalue weighted by Gasteiger charge is -2.50. The second kappa shape index (κ2) is 24.1. The molecule has 0 aromatic carbocycles. The smallest absolute Gasteiger partial charge is 0.309 e. The average molecular weight is 914 g/mol. The Morgan fingerprint density at radius 1 is 0.906 bits per heavy atom. The molecule has 0 aliphatic carbocycles. The number of likely N-dealkylation sites (N-methyl/N-ethyl adjacent to an activating group) is 1. The molecule has 4 aliphatic rings. The Balaban J connectivity index is 1.70. The monoisotopic (exact) mass is 914 g/mol. The molecule has 0 saturated carbocycles. The summed E-state index contributed by atoms with van der Waals surface area (Å²) in [5.74, 6) is -3.26. The number of esters is 4. The van der Waals surface area contributed by atoms with Crippen molar-refractivity contribution in [3.63, 3.8) is 0 Å². The van der Waals surface area contributed by atoms with Crippen molar-refractivity contribution in [2.45, 2.75) is 211 Å². The van der Waals surface area contributed by atoms with Gasteiger partial charge in [0.1, 0.15) is 54.6 Å². The molecule has 0 bridgehead atoms. The zero-order valence-corrected chi connectivity index (χ0v) is 39.7. The van der Waals surface area contributed by atoms with Crippen LogP contribution in [0.4, 0.5) is 0 Å². The zero-order valence-electron chi connectivity index (χ0n) is 39.7. The van der Waals surface area contributed by atoms with Gasteiger partial charge in [-0.2, -0.15) is 0 Å². The van der Waals surface area contributed by atoms with E-state index in [1.54, 1.807) is 66.6 Å². The number of methoxy groups -OCH3 is 1. The molecule has 3 saturated heterocycles. The van der Waals surface area contributed by atoms with Crippen molar-refractivity contribution in [3.8, 4) is 0 Å². The summed E-state index contributed by atoms with van der Waals surface area (Å²) in [5, 5.41) is 23.8. The minimum atomic E-state index is -1.52. The molecule has 366 valence electrons. The van der Waals surface area contributed by atoms with Gasteiger partial charge in [-0.05, 0) is 72.0 Å². The largest absolute Gasteiger partial charge is 0.462 e. The Kier molecular flexibility index (Phi) is 20.2. The van der Waals surface area contributed by atoms with Crippen LogP contribution < -0.4 is 0 Å². The molecule has 2 N–H and O–H groups in total. The highest BCUT2D eigenvalue weighted by Gasteiger charge is 2.53. The van der Waals surface area contributed by atoms with Gasteiger partial charge in [0.15, 0.2) is 18.7 Å². The van der Waals surface area contributed by atoms with Gasteiger partial charge in [0.25, 0.3) is 0 Å². The number of rotatable bonds is 15. The van der Waals surface area contributed by atoms with Crippen molar-refractivity contribution in [3.05, 3.63) is 12.2 Å². The van der Waals surface area contributed by atoms with Gasteiger partial charge >= 0.3 is 23.9 Å². The topological polar surface area (TPSA) is 225 Å². The quantitative estimate of drug-likeness (QED) is 0.0788. The second-order valence-corrected chi connectivity index (χ2v) is 18.7. The first kappa shape index (κ1) is 53.5. The number of nitrogens with zero attached hydrogens (tertiary/aromatic N) is 1. The lowest BCUT2D eigenvalue weighted by Crippen LogP contribution is -2.66. The number of cyclic esters (lactones) is 1. The van der Waals surface area contributed by atoms with Crippen molar-refractivity contribution in [2.24, 2.45) is 17.8 Å². The summed E-state index contributed by atoms with van der Waals surface area (Å²) in [6.45, 7) is 15.7. The molecule has 18 atom stereocenters. The number of aliphatic hydroxyl groups excluding tert-OH is 1. The predicted octanol–water partition coefficient (Wildman–Crippen LogP) is 3.58. The molecule has 18 nitrogen and oxygen atoms in total. The van der Waals surface area contributed by atoms with Crippen LogP contribution in [0, 0.1) is 17.8 Å². The van der Waals surface area contributed by atoms with Gasteiger partial charge in [-0.15, -0.1) is 0 Å². The minimum Gasteiger partial charge on any atom is -0.462 e. The minimum absolute atomic E-state index is 0.0212. The first-order valence-corrected chi connectivity index (χ1v) is 22.9. The van der Waals surface area contributed by atoms with Crippen LogP contribution in [0.15, 0.2) is 12.2 Å². The van der Waals surface area contributed by atoms with Gasteiger partial charge in [-0.1, -0.05) is 40.7 Å². The fourth-order valence-electron chi connectivity index (χ4n) is 9.04.